The first-order valence-corrected chi connectivity index (χ1v) is 9.92. The van der Waals surface area contributed by atoms with Gasteiger partial charge >= 0.3 is 0 Å². The van der Waals surface area contributed by atoms with Crippen LogP contribution in [0.5, 0.6) is 0 Å². The van der Waals surface area contributed by atoms with Crippen LogP contribution < -0.4 is 10.5 Å². The Balaban J connectivity index is 0.00000243. The van der Waals surface area contributed by atoms with Crippen LogP contribution in [0.2, 0.25) is 0 Å². The van der Waals surface area contributed by atoms with Crippen molar-refractivity contribution in [3.8, 4) is 0 Å². The number of nitrogens with one attached hydrogen (secondary N) is 1. The molecule has 0 unspecified atom stereocenters. The molecule has 0 saturated heterocycles. The second kappa shape index (κ2) is 8.77. The number of rotatable bonds is 5. The largest absolute Gasteiger partial charge is 0.328 e. The van der Waals surface area contributed by atoms with Gasteiger partial charge in [-0.25, -0.2) is 13.1 Å². The van der Waals surface area contributed by atoms with Gasteiger partial charge in [0.25, 0.3) is 0 Å². The van der Waals surface area contributed by atoms with E-state index in [0.29, 0.717) is 5.56 Å². The van der Waals surface area contributed by atoms with Crippen molar-refractivity contribution in [2.45, 2.75) is 42.7 Å². The number of halogens is 1. The molecule has 1 aliphatic rings. The lowest BCUT2D eigenvalue weighted by atomic mass is 9.93. The van der Waals surface area contributed by atoms with Crippen LogP contribution >= 0.6 is 12.4 Å². The normalized spacial score (nSPS) is 20.2. The van der Waals surface area contributed by atoms with Crippen molar-refractivity contribution < 1.29 is 13.2 Å². The van der Waals surface area contributed by atoms with E-state index in [2.05, 4.69) is 4.72 Å². The zero-order chi connectivity index (χ0) is 17.9. The minimum absolute atomic E-state index is 0. The number of sulfonamides is 1. The Morgan fingerprint density at radius 2 is 1.50 bits per heavy atom. The minimum Gasteiger partial charge on any atom is -0.328 e. The van der Waals surface area contributed by atoms with Gasteiger partial charge in [0.1, 0.15) is 0 Å². The Labute approximate surface area is 160 Å². The second-order valence-corrected chi connectivity index (χ2v) is 8.11. The van der Waals surface area contributed by atoms with E-state index in [0.717, 1.165) is 25.7 Å². The molecule has 0 radical (unpaired) electrons. The molecule has 140 valence electrons. The van der Waals surface area contributed by atoms with Gasteiger partial charge in [0.15, 0.2) is 5.78 Å². The third kappa shape index (κ3) is 4.71. The summed E-state index contributed by atoms with van der Waals surface area (Å²) in [5.74, 6) is -0.299. The summed E-state index contributed by atoms with van der Waals surface area (Å²) in [4.78, 5) is 12.8. The number of carbonyl (C=O) groups excluding carboxylic acids is 1. The molecule has 7 heteroatoms. The number of benzene rings is 2. The highest BCUT2D eigenvalue weighted by molar-refractivity contribution is 7.89. The summed E-state index contributed by atoms with van der Waals surface area (Å²) in [6.45, 7) is 0. The molecule has 0 amide bonds. The third-order valence-corrected chi connectivity index (χ3v) is 6.13. The van der Waals surface area contributed by atoms with Crippen LogP contribution in [0.3, 0.4) is 0 Å². The van der Waals surface area contributed by atoms with Crippen molar-refractivity contribution >= 4 is 28.2 Å². The fourth-order valence-electron chi connectivity index (χ4n) is 3.15. The highest BCUT2D eigenvalue weighted by atomic mass is 35.5. The zero-order valence-corrected chi connectivity index (χ0v) is 15.9. The van der Waals surface area contributed by atoms with Gasteiger partial charge in [0.2, 0.25) is 10.0 Å². The van der Waals surface area contributed by atoms with Crippen LogP contribution in [0.4, 0.5) is 0 Å². The van der Waals surface area contributed by atoms with E-state index in [1.807, 2.05) is 6.07 Å². The first-order valence-electron chi connectivity index (χ1n) is 8.44. The van der Waals surface area contributed by atoms with E-state index in [4.69, 9.17) is 5.73 Å². The number of hydrogen-bond donors (Lipinski definition) is 2. The molecule has 26 heavy (non-hydrogen) atoms. The molecule has 2 aromatic rings. The third-order valence-electron chi connectivity index (χ3n) is 4.55. The predicted molar refractivity (Wildman–Crippen MR) is 104 cm³/mol. The van der Waals surface area contributed by atoms with Crippen LogP contribution in [0, 0.1) is 0 Å². The summed E-state index contributed by atoms with van der Waals surface area (Å²) in [5, 5.41) is 0. The van der Waals surface area contributed by atoms with Gasteiger partial charge in [-0.05, 0) is 37.8 Å². The van der Waals surface area contributed by atoms with Crippen molar-refractivity contribution in [3.63, 3.8) is 0 Å². The maximum Gasteiger partial charge on any atom is 0.241 e. The van der Waals surface area contributed by atoms with Gasteiger partial charge < -0.3 is 5.73 Å². The highest BCUT2D eigenvalue weighted by Gasteiger charge is 2.27. The molecule has 0 aromatic heterocycles. The fraction of sp³-hybridized carbons (Fsp3) is 0.316. The zero-order valence-electron chi connectivity index (χ0n) is 14.3. The molecule has 1 aliphatic carbocycles. The molecule has 1 saturated carbocycles. The van der Waals surface area contributed by atoms with E-state index >= 15 is 0 Å². The molecule has 3 N–H and O–H groups in total. The molecule has 0 bridgehead atoms. The van der Waals surface area contributed by atoms with Crippen LogP contribution in [0.25, 0.3) is 0 Å². The molecule has 2 aromatic carbocycles. The molecule has 0 spiro atoms. The summed E-state index contributed by atoms with van der Waals surface area (Å²) in [6, 6.07) is 15.0. The number of ketones is 1. The van der Waals surface area contributed by atoms with Crippen molar-refractivity contribution in [1.82, 2.24) is 4.72 Å². The molecule has 0 aliphatic heterocycles. The van der Waals surface area contributed by atoms with Crippen LogP contribution in [-0.4, -0.2) is 26.3 Å². The summed E-state index contributed by atoms with van der Waals surface area (Å²) in [5.41, 5.74) is 6.53. The van der Waals surface area contributed by atoms with E-state index in [9.17, 15) is 13.2 Å². The van der Waals surface area contributed by atoms with Crippen LogP contribution in [0.1, 0.15) is 41.6 Å². The first-order chi connectivity index (χ1) is 12.0. The summed E-state index contributed by atoms with van der Waals surface area (Å²) in [6.07, 6.45) is 3.04. The summed E-state index contributed by atoms with van der Waals surface area (Å²) >= 11 is 0. The van der Waals surface area contributed by atoms with Crippen molar-refractivity contribution in [2.75, 3.05) is 0 Å². The Bertz CT molecular complexity index is 848. The second-order valence-electron chi connectivity index (χ2n) is 6.42. The SMILES string of the molecule is Cl.NC1CCC(NS(=O)(=O)c2ccccc2C(=O)c2ccccc2)CC1. The van der Waals surface area contributed by atoms with Gasteiger partial charge in [-0.2, -0.15) is 0 Å². The number of carbonyl (C=O) groups is 1. The Morgan fingerprint density at radius 3 is 2.15 bits per heavy atom. The number of hydrogen-bond acceptors (Lipinski definition) is 4. The summed E-state index contributed by atoms with van der Waals surface area (Å²) in [7, 11) is -3.77. The van der Waals surface area contributed by atoms with Gasteiger partial charge in [-0.15, -0.1) is 12.4 Å². The standard InChI is InChI=1S/C19H22N2O3S.ClH/c20-15-10-12-16(13-11-15)21-25(23,24)18-9-5-4-8-17(18)19(22)14-6-2-1-3-7-14;/h1-9,15-16,21H,10-13,20H2;1H. The molecule has 3 rings (SSSR count). The minimum atomic E-state index is -3.77. The van der Waals surface area contributed by atoms with Gasteiger partial charge in [0, 0.05) is 23.2 Å². The average molecular weight is 395 g/mol. The molecular formula is C19H23ClN2O3S. The summed E-state index contributed by atoms with van der Waals surface area (Å²) < 4.78 is 28.4. The monoisotopic (exact) mass is 394 g/mol. The van der Waals surface area contributed by atoms with Gasteiger partial charge in [-0.3, -0.25) is 4.79 Å². The maximum atomic E-state index is 12.8. The van der Waals surface area contributed by atoms with Crippen molar-refractivity contribution in [1.29, 1.82) is 0 Å². The first kappa shape index (κ1) is 20.6. The number of nitrogens with two attached hydrogens (primary N) is 1. The molecule has 5 nitrogen and oxygen atoms in total. The quantitative estimate of drug-likeness (QED) is 0.763. The topological polar surface area (TPSA) is 89.3 Å². The average Bonchev–Trinajstić information content (AvgIpc) is 2.63. The predicted octanol–water partition coefficient (Wildman–Crippen LogP) is 2.89. The van der Waals surface area contributed by atoms with Crippen molar-refractivity contribution in [3.05, 3.63) is 65.7 Å². The van der Waals surface area contributed by atoms with E-state index in [-0.39, 0.29) is 40.7 Å². The van der Waals surface area contributed by atoms with Gasteiger partial charge in [-0.1, -0.05) is 42.5 Å². The molecular weight excluding hydrogens is 372 g/mol. The lowest BCUT2D eigenvalue weighted by Crippen LogP contribution is -2.40. The van der Waals surface area contributed by atoms with Crippen LogP contribution in [-0.2, 0) is 10.0 Å². The smallest absolute Gasteiger partial charge is 0.241 e. The Hall–Kier alpha value is -1.73. The van der Waals surface area contributed by atoms with Gasteiger partial charge in [0.05, 0.1) is 4.90 Å². The molecule has 0 atom stereocenters. The Kier molecular flexibility index (Phi) is 6.94. The highest BCUT2D eigenvalue weighted by Crippen LogP contribution is 2.23. The Morgan fingerprint density at radius 1 is 0.923 bits per heavy atom. The molecule has 1 fully saturated rings. The molecule has 0 heterocycles. The maximum absolute atomic E-state index is 12.8. The van der Waals surface area contributed by atoms with Crippen molar-refractivity contribution in [2.24, 2.45) is 5.73 Å². The van der Waals surface area contributed by atoms with E-state index in [1.54, 1.807) is 42.5 Å². The van der Waals surface area contributed by atoms with E-state index in [1.165, 1.54) is 6.07 Å². The lowest BCUT2D eigenvalue weighted by Gasteiger charge is -2.26. The fourth-order valence-corrected chi connectivity index (χ4v) is 4.66. The van der Waals surface area contributed by atoms with Crippen LogP contribution in [0.15, 0.2) is 59.5 Å². The lowest BCUT2D eigenvalue weighted by molar-refractivity contribution is 0.103. The van der Waals surface area contributed by atoms with E-state index < -0.39 is 10.0 Å².